The summed E-state index contributed by atoms with van der Waals surface area (Å²) in [5, 5.41) is 17.5. The number of carbonyl (C=O) groups is 2. The minimum Gasteiger partial charge on any atom is -0.443 e. The number of aromatic nitrogens is 2. The molecule has 0 radical (unpaired) electrons. The molecule has 4 aromatic rings. The zero-order valence-corrected chi connectivity index (χ0v) is 19.9. The van der Waals surface area contributed by atoms with Gasteiger partial charge in [0.15, 0.2) is 5.16 Å². The lowest BCUT2D eigenvalue weighted by atomic mass is 10.1. The Bertz CT molecular complexity index is 1450. The summed E-state index contributed by atoms with van der Waals surface area (Å²) in [6.07, 6.45) is 0. The molecule has 2 aromatic carbocycles. The highest BCUT2D eigenvalue weighted by molar-refractivity contribution is 7.99. The molecule has 2 heterocycles. The van der Waals surface area contributed by atoms with Gasteiger partial charge in [0.2, 0.25) is 11.6 Å². The average Bonchev–Trinajstić information content (AvgIpc) is 3.12. The van der Waals surface area contributed by atoms with Gasteiger partial charge in [0, 0.05) is 17.2 Å². The van der Waals surface area contributed by atoms with Gasteiger partial charge in [-0.1, -0.05) is 36.0 Å². The maximum absolute atomic E-state index is 12.7. The molecule has 2 aromatic heterocycles. The molecule has 0 saturated carbocycles. The molecule has 0 aliphatic heterocycles. The van der Waals surface area contributed by atoms with Crippen LogP contribution in [0.5, 0.6) is 0 Å². The van der Waals surface area contributed by atoms with Crippen LogP contribution in [0.4, 0.5) is 17.2 Å². The molecule has 4 rings (SSSR count). The molecule has 178 valence electrons. The molecular formula is C24H21N5O5S. The number of rotatable bonds is 7. The normalized spacial score (nSPS) is 10.8. The Morgan fingerprint density at radius 1 is 1.00 bits per heavy atom. The Morgan fingerprint density at radius 2 is 1.74 bits per heavy atom. The van der Waals surface area contributed by atoms with Crippen LogP contribution in [0, 0.1) is 30.9 Å². The minimum absolute atomic E-state index is 0.0572. The van der Waals surface area contributed by atoms with E-state index in [9.17, 15) is 19.7 Å². The van der Waals surface area contributed by atoms with Crippen LogP contribution >= 0.6 is 11.8 Å². The number of fused-ring (bicyclic) bond motifs is 1. The van der Waals surface area contributed by atoms with Crippen molar-refractivity contribution in [1.29, 1.82) is 0 Å². The number of thioether (sulfide) groups is 1. The Balaban J connectivity index is 1.55. The standard InChI is InChI=1S/C24H21N5O5S/c1-13-15(3)34-23-20(13)21(26-22(31)16-8-5-4-6-9-16)27-24(28-23)35-12-19(30)25-17-10-7-11-18(14(17)2)29(32)33/h4-11H,12H2,1-3H3,(H,25,30)(H,26,27,28,31). The summed E-state index contributed by atoms with van der Waals surface area (Å²) in [5.74, 6) is 0.155. The van der Waals surface area contributed by atoms with E-state index in [2.05, 4.69) is 20.6 Å². The third kappa shape index (κ3) is 5.14. The molecule has 0 fully saturated rings. The number of hydrogen-bond donors (Lipinski definition) is 2. The monoisotopic (exact) mass is 491 g/mol. The molecule has 0 saturated heterocycles. The molecule has 0 bridgehead atoms. The predicted octanol–water partition coefficient (Wildman–Crippen LogP) is 5.04. The first-order chi connectivity index (χ1) is 16.7. The molecule has 0 aliphatic rings. The maximum atomic E-state index is 12.7. The van der Waals surface area contributed by atoms with E-state index in [0.29, 0.717) is 33.7 Å². The molecule has 0 unspecified atom stereocenters. The Labute approximate surface area is 204 Å². The van der Waals surface area contributed by atoms with Crippen LogP contribution in [0.25, 0.3) is 11.1 Å². The number of furan rings is 1. The fourth-order valence-electron chi connectivity index (χ4n) is 3.43. The minimum atomic E-state index is -0.499. The fourth-order valence-corrected chi connectivity index (χ4v) is 4.06. The smallest absolute Gasteiger partial charge is 0.274 e. The van der Waals surface area contributed by atoms with Gasteiger partial charge in [0.25, 0.3) is 11.6 Å². The number of nitrogens with zero attached hydrogens (tertiary/aromatic N) is 3. The SMILES string of the molecule is Cc1oc2nc(SCC(=O)Nc3cccc([N+](=O)[O-])c3C)nc(NC(=O)c3ccccc3)c2c1C. The van der Waals surface area contributed by atoms with Crippen molar-refractivity contribution in [2.75, 3.05) is 16.4 Å². The lowest BCUT2D eigenvalue weighted by Gasteiger charge is -2.09. The van der Waals surface area contributed by atoms with Crippen LogP contribution in [0.3, 0.4) is 0 Å². The van der Waals surface area contributed by atoms with Gasteiger partial charge in [0.05, 0.1) is 27.3 Å². The van der Waals surface area contributed by atoms with E-state index in [1.807, 2.05) is 13.0 Å². The van der Waals surface area contributed by atoms with Gasteiger partial charge in [-0.25, -0.2) is 4.98 Å². The molecule has 11 heteroatoms. The number of nitro groups is 1. The molecule has 10 nitrogen and oxygen atoms in total. The Kier molecular flexibility index (Phi) is 6.78. The third-order valence-electron chi connectivity index (χ3n) is 5.38. The molecule has 0 atom stereocenters. The van der Waals surface area contributed by atoms with Crippen LogP contribution in [-0.4, -0.2) is 32.5 Å². The van der Waals surface area contributed by atoms with E-state index in [-0.39, 0.29) is 34.2 Å². The zero-order chi connectivity index (χ0) is 25.1. The van der Waals surface area contributed by atoms with E-state index in [4.69, 9.17) is 4.42 Å². The van der Waals surface area contributed by atoms with Gasteiger partial charge in [0.1, 0.15) is 11.6 Å². The lowest BCUT2D eigenvalue weighted by molar-refractivity contribution is -0.385. The van der Waals surface area contributed by atoms with E-state index in [1.54, 1.807) is 44.2 Å². The highest BCUT2D eigenvalue weighted by Crippen LogP contribution is 2.31. The number of nitrogens with one attached hydrogen (secondary N) is 2. The van der Waals surface area contributed by atoms with Gasteiger partial charge in [-0.15, -0.1) is 0 Å². The summed E-state index contributed by atoms with van der Waals surface area (Å²) >= 11 is 1.05. The number of hydrogen-bond acceptors (Lipinski definition) is 8. The summed E-state index contributed by atoms with van der Waals surface area (Å²) in [7, 11) is 0. The summed E-state index contributed by atoms with van der Waals surface area (Å²) in [6.45, 7) is 5.22. The van der Waals surface area contributed by atoms with Crippen molar-refractivity contribution in [3.05, 3.63) is 81.1 Å². The number of benzene rings is 2. The van der Waals surface area contributed by atoms with Crippen LogP contribution in [0.1, 0.15) is 27.2 Å². The number of amides is 2. The highest BCUT2D eigenvalue weighted by Gasteiger charge is 2.20. The second-order valence-electron chi connectivity index (χ2n) is 7.68. The van der Waals surface area contributed by atoms with Crippen LogP contribution < -0.4 is 10.6 Å². The molecule has 0 aliphatic carbocycles. The van der Waals surface area contributed by atoms with E-state index < -0.39 is 4.92 Å². The van der Waals surface area contributed by atoms with E-state index in [1.165, 1.54) is 12.1 Å². The van der Waals surface area contributed by atoms with Crippen molar-refractivity contribution in [2.45, 2.75) is 25.9 Å². The quantitative estimate of drug-likeness (QED) is 0.159. The molecule has 0 spiro atoms. The average molecular weight is 492 g/mol. The predicted molar refractivity (Wildman–Crippen MR) is 133 cm³/mol. The zero-order valence-electron chi connectivity index (χ0n) is 19.1. The summed E-state index contributed by atoms with van der Waals surface area (Å²) < 4.78 is 5.74. The van der Waals surface area contributed by atoms with Gasteiger partial charge in [-0.2, -0.15) is 4.98 Å². The first kappa shape index (κ1) is 23.9. The Hall–Kier alpha value is -4.25. The van der Waals surface area contributed by atoms with Crippen molar-refractivity contribution in [1.82, 2.24) is 9.97 Å². The van der Waals surface area contributed by atoms with E-state index in [0.717, 1.165) is 17.3 Å². The largest absolute Gasteiger partial charge is 0.443 e. The second-order valence-corrected chi connectivity index (χ2v) is 8.62. The van der Waals surface area contributed by atoms with Crippen molar-refractivity contribution < 1.29 is 18.9 Å². The summed E-state index contributed by atoms with van der Waals surface area (Å²) in [4.78, 5) is 44.8. The second kappa shape index (κ2) is 9.94. The Morgan fingerprint density at radius 3 is 2.46 bits per heavy atom. The van der Waals surface area contributed by atoms with Gasteiger partial charge in [-0.05, 0) is 39.0 Å². The summed E-state index contributed by atoms with van der Waals surface area (Å²) in [6, 6.07) is 13.2. The molecule has 2 N–H and O–H groups in total. The topological polar surface area (TPSA) is 140 Å². The number of anilines is 2. The number of carbonyl (C=O) groups excluding carboxylic acids is 2. The first-order valence-corrected chi connectivity index (χ1v) is 11.5. The number of aryl methyl sites for hydroxylation is 2. The third-order valence-corrected chi connectivity index (χ3v) is 6.23. The van der Waals surface area contributed by atoms with Crippen molar-refractivity contribution in [2.24, 2.45) is 0 Å². The van der Waals surface area contributed by atoms with Crippen molar-refractivity contribution in [3.63, 3.8) is 0 Å². The van der Waals surface area contributed by atoms with Crippen LogP contribution in [0.15, 0.2) is 58.1 Å². The molecule has 35 heavy (non-hydrogen) atoms. The van der Waals surface area contributed by atoms with Crippen LogP contribution in [0.2, 0.25) is 0 Å². The van der Waals surface area contributed by atoms with Gasteiger partial charge in [-0.3, -0.25) is 19.7 Å². The summed E-state index contributed by atoms with van der Waals surface area (Å²) in [5.41, 5.74) is 2.22. The fraction of sp³-hybridized carbons (Fsp3) is 0.167. The van der Waals surface area contributed by atoms with Crippen molar-refractivity contribution in [3.8, 4) is 0 Å². The number of nitro benzene ring substituents is 1. The highest BCUT2D eigenvalue weighted by atomic mass is 32.2. The van der Waals surface area contributed by atoms with Gasteiger partial charge >= 0.3 is 0 Å². The van der Waals surface area contributed by atoms with Gasteiger partial charge < -0.3 is 15.1 Å². The maximum Gasteiger partial charge on any atom is 0.274 e. The first-order valence-electron chi connectivity index (χ1n) is 10.6. The van der Waals surface area contributed by atoms with Crippen LogP contribution in [-0.2, 0) is 4.79 Å². The molecule has 2 amide bonds. The molecular weight excluding hydrogens is 470 g/mol. The van der Waals surface area contributed by atoms with Crippen molar-refractivity contribution >= 4 is 51.9 Å². The lowest BCUT2D eigenvalue weighted by Crippen LogP contribution is -2.16. The van der Waals surface area contributed by atoms with E-state index >= 15 is 0 Å².